The highest BCUT2D eigenvalue weighted by molar-refractivity contribution is 7.89. The molecule has 1 atom stereocenters. The highest BCUT2D eigenvalue weighted by atomic mass is 32.2. The number of benzene rings is 3. The third kappa shape index (κ3) is 3.78. The standard InChI is InChI=1S/C25H23N5O3S/c1-16(18-9-5-4-6-10-18)29-34(31,32)23-15-19(13-14-22(23)33-3)24-26-27-25-21-12-8-7-11-20(21)17(2)28-30(24)25/h4-16,29H,1-3H3/t16-/m1/s1. The van der Waals surface area contributed by atoms with Crippen molar-refractivity contribution in [2.24, 2.45) is 0 Å². The summed E-state index contributed by atoms with van der Waals surface area (Å²) in [5.41, 5.74) is 2.84. The van der Waals surface area contributed by atoms with Crippen molar-refractivity contribution in [1.82, 2.24) is 24.5 Å². The molecule has 8 nitrogen and oxygen atoms in total. The summed E-state index contributed by atoms with van der Waals surface area (Å²) >= 11 is 0. The number of ether oxygens (including phenoxy) is 1. The van der Waals surface area contributed by atoms with Gasteiger partial charge in [0, 0.05) is 22.4 Å². The van der Waals surface area contributed by atoms with Gasteiger partial charge >= 0.3 is 0 Å². The minimum Gasteiger partial charge on any atom is -0.495 e. The van der Waals surface area contributed by atoms with Gasteiger partial charge in [0.2, 0.25) is 10.0 Å². The predicted molar refractivity (Wildman–Crippen MR) is 130 cm³/mol. The summed E-state index contributed by atoms with van der Waals surface area (Å²) < 4.78 is 36.5. The van der Waals surface area contributed by atoms with Crippen molar-refractivity contribution in [2.75, 3.05) is 7.11 Å². The van der Waals surface area contributed by atoms with E-state index in [0.29, 0.717) is 17.0 Å². The minimum atomic E-state index is -3.91. The zero-order valence-electron chi connectivity index (χ0n) is 18.9. The fourth-order valence-corrected chi connectivity index (χ4v) is 5.48. The van der Waals surface area contributed by atoms with Crippen LogP contribution in [0.4, 0.5) is 0 Å². The van der Waals surface area contributed by atoms with E-state index in [2.05, 4.69) is 20.0 Å². The number of aryl methyl sites for hydroxylation is 1. The van der Waals surface area contributed by atoms with E-state index >= 15 is 0 Å². The van der Waals surface area contributed by atoms with Gasteiger partial charge in [-0.05, 0) is 37.6 Å². The largest absolute Gasteiger partial charge is 0.495 e. The fraction of sp³-hybridized carbons (Fsp3) is 0.160. The van der Waals surface area contributed by atoms with E-state index in [1.807, 2.05) is 61.5 Å². The number of nitrogens with zero attached hydrogens (tertiary/aromatic N) is 4. The number of nitrogens with one attached hydrogen (secondary N) is 1. The zero-order chi connectivity index (χ0) is 23.9. The van der Waals surface area contributed by atoms with Crippen LogP contribution in [0.1, 0.15) is 24.2 Å². The molecule has 2 aromatic heterocycles. The molecule has 34 heavy (non-hydrogen) atoms. The molecule has 0 saturated carbocycles. The highest BCUT2D eigenvalue weighted by Crippen LogP contribution is 2.31. The Kier molecular flexibility index (Phi) is 5.51. The van der Waals surface area contributed by atoms with E-state index in [1.54, 1.807) is 29.6 Å². The predicted octanol–water partition coefficient (Wildman–Crippen LogP) is 4.30. The third-order valence-corrected chi connectivity index (χ3v) is 7.35. The SMILES string of the molecule is COc1ccc(-c2nnc3c4ccccc4c(C)nn23)cc1S(=O)(=O)N[C@H](C)c1ccccc1. The number of sulfonamides is 1. The quantitative estimate of drug-likeness (QED) is 0.395. The topological polar surface area (TPSA) is 98.5 Å². The van der Waals surface area contributed by atoms with Crippen LogP contribution in [0.5, 0.6) is 5.75 Å². The Bertz CT molecular complexity index is 1610. The van der Waals surface area contributed by atoms with Crippen molar-refractivity contribution >= 4 is 26.4 Å². The van der Waals surface area contributed by atoms with Gasteiger partial charge in [-0.1, -0.05) is 54.6 Å². The van der Waals surface area contributed by atoms with E-state index < -0.39 is 16.1 Å². The second-order valence-electron chi connectivity index (χ2n) is 8.01. The van der Waals surface area contributed by atoms with Crippen LogP contribution in [0.15, 0.2) is 77.7 Å². The van der Waals surface area contributed by atoms with Crippen molar-refractivity contribution in [3.05, 3.63) is 84.1 Å². The fourth-order valence-electron chi connectivity index (χ4n) is 4.05. The number of fused-ring (bicyclic) bond motifs is 3. The molecule has 0 aliphatic carbocycles. The van der Waals surface area contributed by atoms with Crippen molar-refractivity contribution < 1.29 is 13.2 Å². The summed E-state index contributed by atoms with van der Waals surface area (Å²) in [7, 11) is -2.47. The molecule has 172 valence electrons. The molecule has 0 unspecified atom stereocenters. The lowest BCUT2D eigenvalue weighted by Gasteiger charge is -2.17. The summed E-state index contributed by atoms with van der Waals surface area (Å²) in [6.07, 6.45) is 0. The normalized spacial score (nSPS) is 12.8. The molecular formula is C25H23N5O3S. The Morgan fingerprint density at radius 1 is 0.941 bits per heavy atom. The van der Waals surface area contributed by atoms with E-state index in [4.69, 9.17) is 4.74 Å². The Hall–Kier alpha value is -3.82. The first-order chi connectivity index (χ1) is 16.4. The van der Waals surface area contributed by atoms with Crippen molar-refractivity contribution in [2.45, 2.75) is 24.8 Å². The molecule has 0 aliphatic rings. The van der Waals surface area contributed by atoms with Crippen molar-refractivity contribution in [3.8, 4) is 17.1 Å². The molecule has 9 heteroatoms. The number of methoxy groups -OCH3 is 1. The summed E-state index contributed by atoms with van der Waals surface area (Å²) in [4.78, 5) is 0.0181. The molecule has 0 spiro atoms. The van der Waals surface area contributed by atoms with Gasteiger partial charge in [-0.25, -0.2) is 13.1 Å². The molecule has 5 aromatic rings. The summed E-state index contributed by atoms with van der Waals surface area (Å²) in [5, 5.41) is 15.3. The molecule has 3 aromatic carbocycles. The monoisotopic (exact) mass is 473 g/mol. The van der Waals surface area contributed by atoms with Crippen molar-refractivity contribution in [3.63, 3.8) is 0 Å². The van der Waals surface area contributed by atoms with Crippen LogP contribution in [0.3, 0.4) is 0 Å². The van der Waals surface area contributed by atoms with Crippen LogP contribution >= 0.6 is 0 Å². The van der Waals surface area contributed by atoms with Gasteiger partial charge in [0.1, 0.15) is 10.6 Å². The Balaban J connectivity index is 1.61. The molecule has 0 aliphatic heterocycles. The van der Waals surface area contributed by atoms with Gasteiger partial charge in [0.25, 0.3) is 0 Å². The summed E-state index contributed by atoms with van der Waals surface area (Å²) in [6.45, 7) is 3.72. The van der Waals surface area contributed by atoms with Gasteiger partial charge < -0.3 is 4.74 Å². The lowest BCUT2D eigenvalue weighted by Crippen LogP contribution is -2.27. The average molecular weight is 474 g/mol. The van der Waals surface area contributed by atoms with Crippen LogP contribution in [-0.4, -0.2) is 35.3 Å². The molecule has 5 rings (SSSR count). The maximum absolute atomic E-state index is 13.4. The van der Waals surface area contributed by atoms with Gasteiger partial charge in [0.05, 0.1) is 12.8 Å². The Labute approximate surface area is 197 Å². The van der Waals surface area contributed by atoms with Gasteiger partial charge in [0.15, 0.2) is 11.5 Å². The average Bonchev–Trinajstić information content (AvgIpc) is 3.28. The molecule has 2 heterocycles. The molecule has 0 bridgehead atoms. The van der Waals surface area contributed by atoms with E-state index in [1.165, 1.54) is 7.11 Å². The van der Waals surface area contributed by atoms with Gasteiger partial charge in [-0.3, -0.25) is 0 Å². The van der Waals surface area contributed by atoms with E-state index in [-0.39, 0.29) is 10.6 Å². The molecule has 0 radical (unpaired) electrons. The third-order valence-electron chi connectivity index (χ3n) is 5.79. The van der Waals surface area contributed by atoms with Gasteiger partial charge in [-0.2, -0.15) is 9.61 Å². The summed E-state index contributed by atoms with van der Waals surface area (Å²) in [5.74, 6) is 0.680. The van der Waals surface area contributed by atoms with E-state index in [9.17, 15) is 8.42 Å². The lowest BCUT2D eigenvalue weighted by atomic mass is 10.1. The molecule has 0 amide bonds. The van der Waals surface area contributed by atoms with Crippen LogP contribution in [0.25, 0.3) is 27.8 Å². The highest BCUT2D eigenvalue weighted by Gasteiger charge is 2.24. The Morgan fingerprint density at radius 3 is 2.38 bits per heavy atom. The second kappa shape index (κ2) is 8.51. The minimum absolute atomic E-state index is 0.0181. The van der Waals surface area contributed by atoms with Gasteiger partial charge in [-0.15, -0.1) is 10.2 Å². The molecule has 0 fully saturated rings. The first-order valence-electron chi connectivity index (χ1n) is 10.8. The summed E-state index contributed by atoms with van der Waals surface area (Å²) in [6, 6.07) is 21.7. The number of hydrogen-bond acceptors (Lipinski definition) is 6. The maximum Gasteiger partial charge on any atom is 0.244 e. The van der Waals surface area contributed by atoms with Crippen LogP contribution < -0.4 is 9.46 Å². The first kappa shape index (κ1) is 22.0. The van der Waals surface area contributed by atoms with Crippen LogP contribution in [0, 0.1) is 6.92 Å². The van der Waals surface area contributed by atoms with E-state index in [0.717, 1.165) is 22.0 Å². The zero-order valence-corrected chi connectivity index (χ0v) is 19.7. The molecule has 1 N–H and O–H groups in total. The smallest absolute Gasteiger partial charge is 0.244 e. The van der Waals surface area contributed by atoms with Crippen molar-refractivity contribution in [1.29, 1.82) is 0 Å². The van der Waals surface area contributed by atoms with Crippen LogP contribution in [-0.2, 0) is 10.0 Å². The number of hydrogen-bond donors (Lipinski definition) is 1. The molecule has 0 saturated heterocycles. The first-order valence-corrected chi connectivity index (χ1v) is 12.2. The number of rotatable bonds is 6. The second-order valence-corrected chi connectivity index (χ2v) is 9.69. The lowest BCUT2D eigenvalue weighted by molar-refractivity contribution is 0.402. The number of aromatic nitrogens is 4. The maximum atomic E-state index is 13.4. The van der Waals surface area contributed by atoms with Crippen LogP contribution in [0.2, 0.25) is 0 Å². The molecular weight excluding hydrogens is 450 g/mol. The Morgan fingerprint density at radius 2 is 1.65 bits per heavy atom.